The quantitative estimate of drug-likeness (QED) is 0.698. The van der Waals surface area contributed by atoms with Crippen molar-refractivity contribution in [1.29, 1.82) is 0 Å². The summed E-state index contributed by atoms with van der Waals surface area (Å²) >= 11 is 0. The number of carbonyl (C=O) groups excluding carboxylic acids is 2. The molecule has 138 valence electrons. The van der Waals surface area contributed by atoms with E-state index in [-0.39, 0.29) is 18.2 Å². The highest BCUT2D eigenvalue weighted by atomic mass is 16.5. The van der Waals surface area contributed by atoms with E-state index in [1.54, 1.807) is 44.4 Å². The number of aryl methyl sites for hydroxylation is 1. The summed E-state index contributed by atoms with van der Waals surface area (Å²) in [4.78, 5) is 24.3. The molecule has 7 heteroatoms. The average Bonchev–Trinajstić information content (AvgIpc) is 3.07. The molecule has 0 saturated heterocycles. The van der Waals surface area contributed by atoms with Gasteiger partial charge in [-0.15, -0.1) is 0 Å². The van der Waals surface area contributed by atoms with Crippen LogP contribution in [0.4, 0.5) is 11.5 Å². The molecule has 3 aromatic rings. The number of hydrogen-bond donors (Lipinski definition) is 2. The number of carbonyl (C=O) groups is 2. The van der Waals surface area contributed by atoms with Crippen molar-refractivity contribution in [2.75, 3.05) is 17.7 Å². The molecule has 0 unspecified atom stereocenters. The number of nitrogens with one attached hydrogen (secondary N) is 2. The number of ether oxygens (including phenoxy) is 1. The van der Waals surface area contributed by atoms with Crippen molar-refractivity contribution in [3.8, 4) is 5.75 Å². The minimum Gasteiger partial charge on any atom is -0.497 e. The van der Waals surface area contributed by atoms with Crippen LogP contribution < -0.4 is 15.4 Å². The van der Waals surface area contributed by atoms with Crippen molar-refractivity contribution in [2.24, 2.45) is 0 Å². The highest BCUT2D eigenvalue weighted by molar-refractivity contribution is 6.04. The summed E-state index contributed by atoms with van der Waals surface area (Å²) in [6, 6.07) is 15.6. The average molecular weight is 365 g/mol. The third-order valence-electron chi connectivity index (χ3n) is 3.82. The zero-order valence-corrected chi connectivity index (χ0v) is 15.0. The van der Waals surface area contributed by atoms with E-state index in [0.717, 1.165) is 11.3 Å². The third kappa shape index (κ3) is 4.94. The van der Waals surface area contributed by atoms with E-state index in [9.17, 15) is 9.59 Å². The first kappa shape index (κ1) is 18.2. The molecule has 0 aliphatic rings. The summed E-state index contributed by atoms with van der Waals surface area (Å²) in [6.45, 7) is 1.74. The van der Waals surface area contributed by atoms with Gasteiger partial charge in [-0.25, -0.2) is 0 Å². The fourth-order valence-electron chi connectivity index (χ4n) is 2.45. The normalized spacial score (nSPS) is 10.3. The number of amides is 2. The Morgan fingerprint density at radius 1 is 1.04 bits per heavy atom. The first-order chi connectivity index (χ1) is 13.0. The second-order valence-electron chi connectivity index (χ2n) is 5.93. The van der Waals surface area contributed by atoms with E-state index in [1.807, 2.05) is 24.3 Å². The molecule has 1 heterocycles. The van der Waals surface area contributed by atoms with E-state index >= 15 is 0 Å². The molecule has 0 saturated carbocycles. The van der Waals surface area contributed by atoms with E-state index < -0.39 is 0 Å². The fraction of sp³-hybridized carbons (Fsp3) is 0.150. The number of anilines is 2. The summed E-state index contributed by atoms with van der Waals surface area (Å²) < 4.78 is 10.0. The zero-order valence-electron chi connectivity index (χ0n) is 15.0. The number of aromatic nitrogens is 1. The maximum Gasteiger partial charge on any atom is 0.256 e. The van der Waals surface area contributed by atoms with Gasteiger partial charge in [-0.2, -0.15) is 0 Å². The molecule has 0 bridgehead atoms. The Hall–Kier alpha value is -3.61. The van der Waals surface area contributed by atoms with Gasteiger partial charge in [-0.1, -0.05) is 17.3 Å². The SMILES string of the molecule is COc1ccc(CC(=O)Nc2ccc(C(=O)Nc3cc(C)on3)cc2)cc1. The van der Waals surface area contributed by atoms with Crippen LogP contribution in [-0.2, 0) is 11.2 Å². The number of methoxy groups -OCH3 is 1. The molecule has 0 radical (unpaired) electrons. The topological polar surface area (TPSA) is 93.5 Å². The van der Waals surface area contributed by atoms with Gasteiger partial charge in [0.05, 0.1) is 13.5 Å². The van der Waals surface area contributed by atoms with Gasteiger partial charge < -0.3 is 19.9 Å². The minimum absolute atomic E-state index is 0.143. The molecule has 1 aromatic heterocycles. The van der Waals surface area contributed by atoms with Crippen molar-refractivity contribution in [2.45, 2.75) is 13.3 Å². The van der Waals surface area contributed by atoms with Gasteiger partial charge >= 0.3 is 0 Å². The monoisotopic (exact) mass is 365 g/mol. The van der Waals surface area contributed by atoms with Crippen LogP contribution in [0.1, 0.15) is 21.7 Å². The molecule has 2 aromatic carbocycles. The third-order valence-corrected chi connectivity index (χ3v) is 3.82. The largest absolute Gasteiger partial charge is 0.497 e. The minimum atomic E-state index is -0.306. The summed E-state index contributed by atoms with van der Waals surface area (Å²) in [6.07, 6.45) is 0.248. The van der Waals surface area contributed by atoms with E-state index in [0.29, 0.717) is 22.8 Å². The predicted octanol–water partition coefficient (Wildman–Crippen LogP) is 3.43. The lowest BCUT2D eigenvalue weighted by Crippen LogP contribution is -2.15. The molecule has 0 fully saturated rings. The van der Waals surface area contributed by atoms with Gasteiger partial charge in [-0.05, 0) is 48.9 Å². The summed E-state index contributed by atoms with van der Waals surface area (Å²) in [7, 11) is 1.60. The number of hydrogen-bond acceptors (Lipinski definition) is 5. The fourth-order valence-corrected chi connectivity index (χ4v) is 2.45. The Morgan fingerprint density at radius 2 is 1.74 bits per heavy atom. The van der Waals surface area contributed by atoms with Crippen molar-refractivity contribution in [1.82, 2.24) is 5.16 Å². The van der Waals surface area contributed by atoms with Crippen molar-refractivity contribution in [3.63, 3.8) is 0 Å². The van der Waals surface area contributed by atoms with Crippen LogP contribution in [0, 0.1) is 6.92 Å². The van der Waals surface area contributed by atoms with Crippen LogP contribution in [0.15, 0.2) is 59.1 Å². The van der Waals surface area contributed by atoms with Crippen molar-refractivity contribution >= 4 is 23.3 Å². The Bertz CT molecular complexity index is 931. The van der Waals surface area contributed by atoms with Gasteiger partial charge in [0.2, 0.25) is 5.91 Å². The molecule has 7 nitrogen and oxygen atoms in total. The van der Waals surface area contributed by atoms with Crippen LogP contribution >= 0.6 is 0 Å². The van der Waals surface area contributed by atoms with Gasteiger partial charge in [0.15, 0.2) is 5.82 Å². The Balaban J connectivity index is 1.56. The molecule has 0 spiro atoms. The summed E-state index contributed by atoms with van der Waals surface area (Å²) in [5, 5.41) is 9.17. The molecule has 3 rings (SSSR count). The zero-order chi connectivity index (χ0) is 19.2. The highest BCUT2D eigenvalue weighted by Crippen LogP contribution is 2.15. The first-order valence-corrected chi connectivity index (χ1v) is 8.31. The summed E-state index contributed by atoms with van der Waals surface area (Å²) in [5.74, 6) is 1.26. The van der Waals surface area contributed by atoms with Gasteiger partial charge in [0, 0.05) is 17.3 Å². The van der Waals surface area contributed by atoms with E-state index in [1.165, 1.54) is 0 Å². The lowest BCUT2D eigenvalue weighted by Gasteiger charge is -2.07. The van der Waals surface area contributed by atoms with Crippen LogP contribution in [0.25, 0.3) is 0 Å². The van der Waals surface area contributed by atoms with Crippen LogP contribution in [-0.4, -0.2) is 24.1 Å². The second kappa shape index (κ2) is 8.18. The van der Waals surface area contributed by atoms with Gasteiger partial charge in [0.25, 0.3) is 5.91 Å². The number of benzene rings is 2. The maximum absolute atomic E-state index is 12.2. The van der Waals surface area contributed by atoms with Crippen LogP contribution in [0.2, 0.25) is 0 Å². The molecular formula is C20H19N3O4. The molecule has 0 atom stereocenters. The Morgan fingerprint density at radius 3 is 2.33 bits per heavy atom. The summed E-state index contributed by atoms with van der Waals surface area (Å²) in [5.41, 5.74) is 1.94. The Kier molecular flexibility index (Phi) is 5.51. The van der Waals surface area contributed by atoms with E-state index in [2.05, 4.69) is 15.8 Å². The molecule has 2 amide bonds. The molecule has 0 aliphatic heterocycles. The van der Waals surface area contributed by atoms with E-state index in [4.69, 9.17) is 9.26 Å². The predicted molar refractivity (Wildman–Crippen MR) is 101 cm³/mol. The van der Waals surface area contributed by atoms with Crippen LogP contribution in [0.3, 0.4) is 0 Å². The van der Waals surface area contributed by atoms with Crippen molar-refractivity contribution < 1.29 is 18.8 Å². The number of rotatable bonds is 6. The lowest BCUT2D eigenvalue weighted by molar-refractivity contribution is -0.115. The molecular weight excluding hydrogens is 346 g/mol. The second-order valence-corrected chi connectivity index (χ2v) is 5.93. The molecule has 27 heavy (non-hydrogen) atoms. The lowest BCUT2D eigenvalue weighted by atomic mass is 10.1. The van der Waals surface area contributed by atoms with Gasteiger partial charge in [-0.3, -0.25) is 9.59 Å². The molecule has 2 N–H and O–H groups in total. The highest BCUT2D eigenvalue weighted by Gasteiger charge is 2.10. The van der Waals surface area contributed by atoms with Gasteiger partial charge in [0.1, 0.15) is 11.5 Å². The standard InChI is InChI=1S/C20H19N3O4/c1-13-11-18(23-27-13)22-20(25)15-5-7-16(8-6-15)21-19(24)12-14-3-9-17(26-2)10-4-14/h3-11H,12H2,1-2H3,(H,21,24)(H,22,23,25). The maximum atomic E-state index is 12.2. The van der Waals surface area contributed by atoms with Crippen LogP contribution in [0.5, 0.6) is 5.75 Å². The molecule has 0 aliphatic carbocycles. The van der Waals surface area contributed by atoms with Crippen molar-refractivity contribution in [3.05, 3.63) is 71.5 Å². The number of nitrogens with zero attached hydrogens (tertiary/aromatic N) is 1. The smallest absolute Gasteiger partial charge is 0.256 e. The first-order valence-electron chi connectivity index (χ1n) is 8.31. The Labute approximate surface area is 156 Å².